The van der Waals surface area contributed by atoms with Gasteiger partial charge in [-0.05, 0) is 51.4 Å². The van der Waals surface area contributed by atoms with Crippen molar-refractivity contribution in [2.24, 2.45) is 5.92 Å². The molecule has 0 radical (unpaired) electrons. The molecule has 1 aliphatic heterocycles. The topological polar surface area (TPSA) is 32.3 Å². The van der Waals surface area contributed by atoms with Crippen LogP contribution in [-0.4, -0.2) is 30.4 Å². The molecule has 3 heteroatoms. The van der Waals surface area contributed by atoms with Gasteiger partial charge in [-0.15, -0.1) is 6.42 Å². The summed E-state index contributed by atoms with van der Waals surface area (Å²) in [6.45, 7) is 6.59. The second kappa shape index (κ2) is 6.58. The molecule has 1 aliphatic rings. The summed E-state index contributed by atoms with van der Waals surface area (Å²) in [4.78, 5) is 14.5. The molecular weight excluding hydrogens is 248 g/mol. The first-order valence-electron chi connectivity index (χ1n) is 7.14. The van der Waals surface area contributed by atoms with E-state index in [1.807, 2.05) is 19.1 Å². The Labute approximate surface area is 121 Å². The van der Waals surface area contributed by atoms with Gasteiger partial charge >= 0.3 is 0 Å². The second-order valence-corrected chi connectivity index (χ2v) is 5.56. The van der Waals surface area contributed by atoms with Gasteiger partial charge in [-0.2, -0.15) is 0 Å². The zero-order chi connectivity index (χ0) is 14.5. The van der Waals surface area contributed by atoms with E-state index >= 15 is 0 Å². The molecule has 2 rings (SSSR count). The van der Waals surface area contributed by atoms with Crippen molar-refractivity contribution in [1.29, 1.82) is 0 Å². The molecule has 3 nitrogen and oxygen atoms in total. The van der Waals surface area contributed by atoms with Gasteiger partial charge < -0.3 is 5.32 Å². The molecule has 1 N–H and O–H groups in total. The third-order valence-corrected chi connectivity index (χ3v) is 3.91. The molecule has 0 saturated carbocycles. The number of hydrogen-bond acceptors (Lipinski definition) is 2. The highest BCUT2D eigenvalue weighted by Gasteiger charge is 2.24. The molecule has 106 valence electrons. The van der Waals surface area contributed by atoms with Crippen molar-refractivity contribution in [2.75, 3.05) is 25.0 Å². The average molecular weight is 270 g/mol. The van der Waals surface area contributed by atoms with E-state index in [9.17, 15) is 4.79 Å². The fraction of sp³-hybridized carbons (Fsp3) is 0.471. The minimum absolute atomic E-state index is 0.102. The first kappa shape index (κ1) is 14.6. The van der Waals surface area contributed by atoms with Crippen molar-refractivity contribution in [3.05, 3.63) is 29.3 Å². The third kappa shape index (κ3) is 3.61. The Morgan fingerprint density at radius 1 is 1.40 bits per heavy atom. The maximum atomic E-state index is 12.3. The number of carbonyl (C=O) groups is 1. The molecule has 0 aromatic heterocycles. The van der Waals surface area contributed by atoms with E-state index in [0.717, 1.165) is 37.2 Å². The summed E-state index contributed by atoms with van der Waals surface area (Å²) in [5, 5.41) is 3.06. The number of carbonyl (C=O) groups excluding carboxylic acids is 1. The van der Waals surface area contributed by atoms with Gasteiger partial charge in [-0.3, -0.25) is 9.69 Å². The largest absolute Gasteiger partial charge is 0.326 e. The van der Waals surface area contributed by atoms with E-state index in [-0.39, 0.29) is 11.8 Å². The van der Waals surface area contributed by atoms with Crippen LogP contribution in [-0.2, 0) is 4.79 Å². The lowest BCUT2D eigenvalue weighted by Gasteiger charge is -2.29. The summed E-state index contributed by atoms with van der Waals surface area (Å²) < 4.78 is 0. The number of anilines is 1. The standard InChI is InChI=1S/C17H22N2O/c1-4-9-19-10-7-15(8-11-19)17(20)18-16-6-5-13(2)12-14(16)3/h1,5-6,12,15H,7-11H2,2-3H3,(H,18,20). The Kier molecular flexibility index (Phi) is 4.81. The number of rotatable bonds is 3. The van der Waals surface area contributed by atoms with Crippen molar-refractivity contribution in [2.45, 2.75) is 26.7 Å². The quantitative estimate of drug-likeness (QED) is 0.856. The number of likely N-dealkylation sites (tertiary alicyclic amines) is 1. The van der Waals surface area contributed by atoms with Crippen molar-refractivity contribution in [3.63, 3.8) is 0 Å². The van der Waals surface area contributed by atoms with Crippen LogP contribution in [0.15, 0.2) is 18.2 Å². The van der Waals surface area contributed by atoms with Gasteiger partial charge in [0.25, 0.3) is 0 Å². The summed E-state index contributed by atoms with van der Waals surface area (Å²) in [6.07, 6.45) is 7.09. The minimum atomic E-state index is 0.102. The average Bonchev–Trinajstić information content (AvgIpc) is 2.43. The number of nitrogens with one attached hydrogen (secondary N) is 1. The SMILES string of the molecule is C#CCN1CCC(C(=O)Nc2ccc(C)cc2C)CC1. The monoisotopic (exact) mass is 270 g/mol. The lowest BCUT2D eigenvalue weighted by Crippen LogP contribution is -2.38. The number of nitrogens with zero attached hydrogens (tertiary/aromatic N) is 1. The lowest BCUT2D eigenvalue weighted by molar-refractivity contribution is -0.121. The van der Waals surface area contributed by atoms with Gasteiger partial charge in [0.05, 0.1) is 6.54 Å². The Morgan fingerprint density at radius 3 is 2.70 bits per heavy atom. The van der Waals surface area contributed by atoms with E-state index in [1.165, 1.54) is 5.56 Å². The molecule has 1 heterocycles. The Bertz CT molecular complexity index is 522. The molecular formula is C17H22N2O. The van der Waals surface area contributed by atoms with Gasteiger partial charge in [-0.25, -0.2) is 0 Å². The highest BCUT2D eigenvalue weighted by atomic mass is 16.1. The molecule has 1 fully saturated rings. The second-order valence-electron chi connectivity index (χ2n) is 5.56. The normalized spacial score (nSPS) is 16.6. The van der Waals surface area contributed by atoms with E-state index < -0.39 is 0 Å². The van der Waals surface area contributed by atoms with Crippen LogP contribution in [0.4, 0.5) is 5.69 Å². The summed E-state index contributed by atoms with van der Waals surface area (Å²) in [6, 6.07) is 6.10. The van der Waals surface area contributed by atoms with Crippen LogP contribution >= 0.6 is 0 Å². The van der Waals surface area contributed by atoms with E-state index in [0.29, 0.717) is 6.54 Å². The van der Waals surface area contributed by atoms with Crippen LogP contribution in [0, 0.1) is 32.1 Å². The van der Waals surface area contributed by atoms with Crippen molar-refractivity contribution >= 4 is 11.6 Å². The maximum absolute atomic E-state index is 12.3. The Balaban J connectivity index is 1.91. The fourth-order valence-corrected chi connectivity index (χ4v) is 2.67. The molecule has 0 spiro atoms. The molecule has 1 saturated heterocycles. The van der Waals surface area contributed by atoms with Crippen LogP contribution in [0.2, 0.25) is 0 Å². The van der Waals surface area contributed by atoms with Crippen LogP contribution < -0.4 is 5.32 Å². The van der Waals surface area contributed by atoms with Gasteiger partial charge in [-0.1, -0.05) is 23.6 Å². The van der Waals surface area contributed by atoms with Gasteiger partial charge in [0.15, 0.2) is 0 Å². The predicted molar refractivity (Wildman–Crippen MR) is 82.5 cm³/mol. The molecule has 0 bridgehead atoms. The smallest absolute Gasteiger partial charge is 0.227 e. The van der Waals surface area contributed by atoms with Gasteiger partial charge in [0.2, 0.25) is 5.91 Å². The summed E-state index contributed by atoms with van der Waals surface area (Å²) in [7, 11) is 0. The number of piperidine rings is 1. The van der Waals surface area contributed by atoms with Crippen molar-refractivity contribution in [3.8, 4) is 12.3 Å². The predicted octanol–water partition coefficient (Wildman–Crippen LogP) is 2.59. The summed E-state index contributed by atoms with van der Waals surface area (Å²) >= 11 is 0. The van der Waals surface area contributed by atoms with E-state index in [4.69, 9.17) is 6.42 Å². The van der Waals surface area contributed by atoms with E-state index in [1.54, 1.807) is 0 Å². The van der Waals surface area contributed by atoms with Crippen LogP contribution in [0.3, 0.4) is 0 Å². The molecule has 1 amide bonds. The number of aryl methyl sites for hydroxylation is 2. The van der Waals surface area contributed by atoms with Crippen molar-refractivity contribution in [1.82, 2.24) is 4.90 Å². The molecule has 1 aromatic rings. The van der Waals surface area contributed by atoms with E-state index in [2.05, 4.69) is 29.1 Å². The summed E-state index contributed by atoms with van der Waals surface area (Å²) in [5.74, 6) is 2.90. The molecule has 20 heavy (non-hydrogen) atoms. The zero-order valence-electron chi connectivity index (χ0n) is 12.3. The number of benzene rings is 1. The van der Waals surface area contributed by atoms with Gasteiger partial charge in [0, 0.05) is 11.6 Å². The maximum Gasteiger partial charge on any atom is 0.227 e. The molecule has 0 atom stereocenters. The van der Waals surface area contributed by atoms with Crippen LogP contribution in [0.1, 0.15) is 24.0 Å². The number of terminal acetylenes is 1. The molecule has 1 aromatic carbocycles. The van der Waals surface area contributed by atoms with Crippen molar-refractivity contribution < 1.29 is 4.79 Å². The zero-order valence-corrected chi connectivity index (χ0v) is 12.3. The Morgan fingerprint density at radius 2 is 2.10 bits per heavy atom. The highest BCUT2D eigenvalue weighted by molar-refractivity contribution is 5.93. The molecule has 0 aliphatic carbocycles. The lowest BCUT2D eigenvalue weighted by atomic mass is 9.95. The van der Waals surface area contributed by atoms with Crippen LogP contribution in [0.5, 0.6) is 0 Å². The van der Waals surface area contributed by atoms with Gasteiger partial charge in [0.1, 0.15) is 0 Å². The third-order valence-electron chi connectivity index (χ3n) is 3.91. The fourth-order valence-electron chi connectivity index (χ4n) is 2.67. The van der Waals surface area contributed by atoms with Crippen LogP contribution in [0.25, 0.3) is 0 Å². The summed E-state index contributed by atoms with van der Waals surface area (Å²) in [5.41, 5.74) is 3.25. The minimum Gasteiger partial charge on any atom is -0.326 e. The molecule has 0 unspecified atom stereocenters. The first-order valence-corrected chi connectivity index (χ1v) is 7.14. The Hall–Kier alpha value is -1.79. The first-order chi connectivity index (χ1) is 9.60. The number of amides is 1. The number of hydrogen-bond donors (Lipinski definition) is 1. The highest BCUT2D eigenvalue weighted by Crippen LogP contribution is 2.21.